The molecule has 0 saturated heterocycles. The van der Waals surface area contributed by atoms with E-state index in [1.165, 1.54) is 12.1 Å². The minimum atomic E-state index is -3.67. The molecule has 0 bridgehead atoms. The standard InChI is InChI=1S/C18H24N4O3S/c1-3-21(2)17(23)15-6-4-7-16(12-15)26(24,25)20-13-18(8-9-18)14-22-11-5-10-19-22/h4-7,10-12,20H,3,8-9,13-14H2,1-2H3. The third kappa shape index (κ3) is 4.13. The summed E-state index contributed by atoms with van der Waals surface area (Å²) in [5, 5.41) is 4.20. The highest BCUT2D eigenvalue weighted by Crippen LogP contribution is 2.46. The monoisotopic (exact) mass is 376 g/mol. The van der Waals surface area contributed by atoms with Crippen molar-refractivity contribution in [3.8, 4) is 0 Å². The topological polar surface area (TPSA) is 84.3 Å². The summed E-state index contributed by atoms with van der Waals surface area (Å²) in [5.41, 5.74) is 0.296. The molecule has 1 saturated carbocycles. The van der Waals surface area contributed by atoms with Crippen molar-refractivity contribution in [2.24, 2.45) is 5.41 Å². The Bertz CT molecular complexity index is 874. The highest BCUT2D eigenvalue weighted by atomic mass is 32.2. The zero-order chi connectivity index (χ0) is 18.8. The van der Waals surface area contributed by atoms with Crippen LogP contribution >= 0.6 is 0 Å². The zero-order valence-electron chi connectivity index (χ0n) is 15.1. The van der Waals surface area contributed by atoms with Crippen LogP contribution in [0.3, 0.4) is 0 Å². The number of nitrogens with zero attached hydrogens (tertiary/aromatic N) is 3. The summed E-state index contributed by atoms with van der Waals surface area (Å²) < 4.78 is 29.9. The summed E-state index contributed by atoms with van der Waals surface area (Å²) in [6, 6.07) is 8.04. The third-order valence-corrected chi connectivity index (χ3v) is 6.26. The maximum absolute atomic E-state index is 12.7. The Labute approximate surface area is 154 Å². The van der Waals surface area contributed by atoms with Crippen LogP contribution in [0.1, 0.15) is 30.1 Å². The average Bonchev–Trinajstić information content (AvgIpc) is 3.22. The fourth-order valence-corrected chi connectivity index (χ4v) is 4.00. The van der Waals surface area contributed by atoms with Crippen LogP contribution in [0.15, 0.2) is 47.6 Å². The number of nitrogens with one attached hydrogen (secondary N) is 1. The zero-order valence-corrected chi connectivity index (χ0v) is 15.9. The first kappa shape index (κ1) is 18.6. The second kappa shape index (κ2) is 7.20. The number of carbonyl (C=O) groups is 1. The van der Waals surface area contributed by atoms with E-state index in [9.17, 15) is 13.2 Å². The molecule has 1 aliphatic carbocycles. The molecule has 0 spiro atoms. The lowest BCUT2D eigenvalue weighted by Gasteiger charge is -2.17. The predicted molar refractivity (Wildman–Crippen MR) is 98.2 cm³/mol. The summed E-state index contributed by atoms with van der Waals surface area (Å²) in [7, 11) is -1.98. The van der Waals surface area contributed by atoms with Crippen LogP contribution in [0.5, 0.6) is 0 Å². The molecule has 140 valence electrons. The Hall–Kier alpha value is -2.19. The fraction of sp³-hybridized carbons (Fsp3) is 0.444. The van der Waals surface area contributed by atoms with E-state index < -0.39 is 10.0 Å². The van der Waals surface area contributed by atoms with Gasteiger partial charge in [0.2, 0.25) is 10.0 Å². The molecular formula is C18H24N4O3S. The van der Waals surface area contributed by atoms with Crippen LogP contribution < -0.4 is 4.72 Å². The lowest BCUT2D eigenvalue weighted by Crippen LogP contribution is -2.33. The Kier molecular flexibility index (Phi) is 5.15. The van der Waals surface area contributed by atoms with Gasteiger partial charge in [-0.05, 0) is 44.0 Å². The summed E-state index contributed by atoms with van der Waals surface area (Å²) in [6.45, 7) is 3.49. The molecule has 1 fully saturated rings. The van der Waals surface area contributed by atoms with Crippen LogP contribution in [-0.4, -0.2) is 49.1 Å². The number of benzene rings is 1. The van der Waals surface area contributed by atoms with Crippen LogP contribution in [0.4, 0.5) is 0 Å². The Morgan fingerprint density at radius 1 is 1.35 bits per heavy atom. The van der Waals surface area contributed by atoms with Crippen LogP contribution in [0.2, 0.25) is 0 Å². The lowest BCUT2D eigenvalue weighted by molar-refractivity contribution is 0.0802. The number of carbonyl (C=O) groups excluding carboxylic acids is 1. The molecule has 0 aliphatic heterocycles. The number of amides is 1. The van der Waals surface area contributed by atoms with Gasteiger partial charge in [-0.25, -0.2) is 13.1 Å². The highest BCUT2D eigenvalue weighted by molar-refractivity contribution is 7.89. The first-order chi connectivity index (χ1) is 12.4. The van der Waals surface area contributed by atoms with Crippen molar-refractivity contribution in [2.75, 3.05) is 20.1 Å². The largest absolute Gasteiger partial charge is 0.342 e. The molecule has 0 radical (unpaired) electrons. The van der Waals surface area contributed by atoms with Gasteiger partial charge >= 0.3 is 0 Å². The first-order valence-electron chi connectivity index (χ1n) is 8.68. The maximum atomic E-state index is 12.7. The number of aromatic nitrogens is 2. The second-order valence-corrected chi connectivity index (χ2v) is 8.64. The lowest BCUT2D eigenvalue weighted by atomic mass is 10.1. The van der Waals surface area contributed by atoms with Gasteiger partial charge in [-0.15, -0.1) is 0 Å². The van der Waals surface area contributed by atoms with E-state index in [4.69, 9.17) is 0 Å². The van der Waals surface area contributed by atoms with Crippen molar-refractivity contribution in [1.82, 2.24) is 19.4 Å². The van der Waals surface area contributed by atoms with Crippen molar-refractivity contribution in [3.63, 3.8) is 0 Å². The molecule has 3 rings (SSSR count). The van der Waals surface area contributed by atoms with Crippen molar-refractivity contribution >= 4 is 15.9 Å². The fourth-order valence-electron chi connectivity index (χ4n) is 2.80. The van der Waals surface area contributed by atoms with E-state index in [1.54, 1.807) is 30.3 Å². The second-order valence-electron chi connectivity index (χ2n) is 6.88. The molecule has 1 aromatic heterocycles. The molecule has 2 aromatic rings. The molecule has 8 heteroatoms. The first-order valence-corrected chi connectivity index (χ1v) is 10.2. The molecule has 7 nitrogen and oxygen atoms in total. The van der Waals surface area contributed by atoms with E-state index in [-0.39, 0.29) is 16.2 Å². The Balaban J connectivity index is 1.69. The Morgan fingerprint density at radius 3 is 2.73 bits per heavy atom. The Morgan fingerprint density at radius 2 is 2.12 bits per heavy atom. The van der Waals surface area contributed by atoms with Crippen molar-refractivity contribution in [1.29, 1.82) is 0 Å². The van der Waals surface area contributed by atoms with Crippen LogP contribution in [0.25, 0.3) is 0 Å². The van der Waals surface area contributed by atoms with Gasteiger partial charge in [0.1, 0.15) is 0 Å². The SMILES string of the molecule is CCN(C)C(=O)c1cccc(S(=O)(=O)NCC2(Cn3cccn3)CC2)c1. The summed E-state index contributed by atoms with van der Waals surface area (Å²) in [5.74, 6) is -0.193. The number of sulfonamides is 1. The average molecular weight is 376 g/mol. The van der Waals surface area contributed by atoms with Gasteiger partial charge in [0.15, 0.2) is 0 Å². The molecule has 26 heavy (non-hydrogen) atoms. The van der Waals surface area contributed by atoms with E-state index in [2.05, 4.69) is 9.82 Å². The number of rotatable bonds is 8. The minimum absolute atomic E-state index is 0.0745. The smallest absolute Gasteiger partial charge is 0.253 e. The molecular weight excluding hydrogens is 352 g/mol. The number of hydrogen-bond acceptors (Lipinski definition) is 4. The van der Waals surface area contributed by atoms with E-state index in [0.29, 0.717) is 25.2 Å². The van der Waals surface area contributed by atoms with E-state index in [1.807, 2.05) is 23.9 Å². The minimum Gasteiger partial charge on any atom is -0.342 e. The molecule has 0 unspecified atom stereocenters. The van der Waals surface area contributed by atoms with Gasteiger partial charge in [-0.3, -0.25) is 9.48 Å². The maximum Gasteiger partial charge on any atom is 0.253 e. The van der Waals surface area contributed by atoms with Gasteiger partial charge in [0.25, 0.3) is 5.91 Å². The number of hydrogen-bond donors (Lipinski definition) is 1. The molecule has 1 aromatic carbocycles. The van der Waals surface area contributed by atoms with Crippen LogP contribution in [-0.2, 0) is 16.6 Å². The molecule has 1 N–H and O–H groups in total. The third-order valence-electron chi connectivity index (χ3n) is 4.86. The van der Waals surface area contributed by atoms with Crippen molar-refractivity contribution in [3.05, 3.63) is 48.3 Å². The van der Waals surface area contributed by atoms with Crippen molar-refractivity contribution < 1.29 is 13.2 Å². The van der Waals surface area contributed by atoms with E-state index in [0.717, 1.165) is 12.8 Å². The van der Waals surface area contributed by atoms with Crippen LogP contribution in [0, 0.1) is 5.41 Å². The molecule has 1 aliphatic rings. The van der Waals surface area contributed by atoms with Gasteiger partial charge in [0, 0.05) is 50.1 Å². The normalized spacial score (nSPS) is 15.6. The van der Waals surface area contributed by atoms with Crippen molar-refractivity contribution in [2.45, 2.75) is 31.2 Å². The molecule has 1 heterocycles. The summed E-state index contributed by atoms with van der Waals surface area (Å²) in [4.78, 5) is 13.9. The van der Waals surface area contributed by atoms with Gasteiger partial charge in [-0.2, -0.15) is 5.10 Å². The molecule has 0 atom stereocenters. The molecule has 1 amide bonds. The summed E-state index contributed by atoms with van der Waals surface area (Å²) in [6.07, 6.45) is 5.54. The van der Waals surface area contributed by atoms with E-state index >= 15 is 0 Å². The van der Waals surface area contributed by atoms with Gasteiger partial charge in [0.05, 0.1) is 4.90 Å². The quantitative estimate of drug-likeness (QED) is 0.760. The predicted octanol–water partition coefficient (Wildman–Crippen LogP) is 1.73. The van der Waals surface area contributed by atoms with Gasteiger partial charge < -0.3 is 4.90 Å². The highest BCUT2D eigenvalue weighted by Gasteiger charge is 2.43. The van der Waals surface area contributed by atoms with Gasteiger partial charge in [-0.1, -0.05) is 6.07 Å². The summed E-state index contributed by atoms with van der Waals surface area (Å²) >= 11 is 0.